The van der Waals surface area contributed by atoms with Crippen molar-refractivity contribution in [3.8, 4) is 10.4 Å². The van der Waals surface area contributed by atoms with Crippen LogP contribution in [0.5, 0.6) is 0 Å². The van der Waals surface area contributed by atoms with Gasteiger partial charge in [-0.25, -0.2) is 9.50 Å². The number of hydrogen-bond acceptors (Lipinski definition) is 5. The van der Waals surface area contributed by atoms with Crippen LogP contribution in [0.15, 0.2) is 36.8 Å². The van der Waals surface area contributed by atoms with E-state index in [0.29, 0.717) is 5.01 Å². The summed E-state index contributed by atoms with van der Waals surface area (Å²) in [6.07, 6.45) is 7.37. The minimum Gasteiger partial charge on any atom is -0.388 e. The van der Waals surface area contributed by atoms with Crippen molar-refractivity contribution in [2.45, 2.75) is 20.3 Å². The van der Waals surface area contributed by atoms with E-state index in [2.05, 4.69) is 28.7 Å². The van der Waals surface area contributed by atoms with Gasteiger partial charge in [-0.05, 0) is 18.2 Å². The molecule has 0 saturated carbocycles. The van der Waals surface area contributed by atoms with Gasteiger partial charge in [-0.3, -0.25) is 4.79 Å². The second kappa shape index (κ2) is 9.81. The summed E-state index contributed by atoms with van der Waals surface area (Å²) in [7, 11) is 3.25. The van der Waals surface area contributed by atoms with Gasteiger partial charge in [0.2, 0.25) is 0 Å². The highest BCUT2D eigenvalue weighted by atomic mass is 32.1. The molecule has 0 unspecified atom stereocenters. The lowest BCUT2D eigenvalue weighted by Crippen LogP contribution is -1.88. The van der Waals surface area contributed by atoms with Crippen molar-refractivity contribution in [2.24, 2.45) is 0 Å². The Morgan fingerprint density at radius 1 is 1.32 bits per heavy atom. The van der Waals surface area contributed by atoms with Crippen LogP contribution in [0.2, 0.25) is 0 Å². The number of hydrogen-bond donors (Lipinski definition) is 0. The Hall–Kier alpha value is -2.05. The van der Waals surface area contributed by atoms with Gasteiger partial charge in [0.05, 0.1) is 16.6 Å². The highest BCUT2D eigenvalue weighted by Gasteiger charge is 2.05. The maximum absolute atomic E-state index is 10.6. The van der Waals surface area contributed by atoms with Gasteiger partial charge < -0.3 is 4.74 Å². The fourth-order valence-corrected chi connectivity index (χ4v) is 2.25. The summed E-state index contributed by atoms with van der Waals surface area (Å²) in [6.45, 7) is 4.25. The van der Waals surface area contributed by atoms with Crippen molar-refractivity contribution in [2.75, 3.05) is 14.2 Å². The molecule has 0 saturated heterocycles. The largest absolute Gasteiger partial charge is 0.388 e. The van der Waals surface area contributed by atoms with E-state index in [1.54, 1.807) is 31.1 Å². The normalized spacial score (nSPS) is 9.45. The molecule has 3 heterocycles. The van der Waals surface area contributed by atoms with Crippen LogP contribution >= 0.6 is 11.3 Å². The summed E-state index contributed by atoms with van der Waals surface area (Å²) in [5, 5.41) is 4.75. The molecule has 3 aromatic rings. The van der Waals surface area contributed by atoms with E-state index in [9.17, 15) is 4.79 Å². The Morgan fingerprint density at radius 3 is 2.59 bits per heavy atom. The molecular formula is C16H21N3O2S. The van der Waals surface area contributed by atoms with E-state index < -0.39 is 0 Å². The minimum absolute atomic E-state index is 0.491. The van der Waals surface area contributed by atoms with Crippen molar-refractivity contribution in [3.63, 3.8) is 0 Å². The van der Waals surface area contributed by atoms with Gasteiger partial charge >= 0.3 is 0 Å². The number of aromatic nitrogens is 3. The lowest BCUT2D eigenvalue weighted by atomic mass is 10.2. The molecule has 0 atom stereocenters. The molecular weight excluding hydrogens is 298 g/mol. The van der Waals surface area contributed by atoms with Crippen molar-refractivity contribution in [1.82, 2.24) is 14.6 Å². The molecule has 118 valence electrons. The molecule has 3 aromatic heterocycles. The first-order valence-electron chi connectivity index (χ1n) is 6.95. The highest BCUT2D eigenvalue weighted by molar-refractivity contribution is 7.16. The van der Waals surface area contributed by atoms with E-state index >= 15 is 0 Å². The van der Waals surface area contributed by atoms with Gasteiger partial charge in [-0.2, -0.15) is 5.10 Å². The van der Waals surface area contributed by atoms with Gasteiger partial charge in [0.1, 0.15) is 0 Å². The Morgan fingerprint density at radius 2 is 2.00 bits per heavy atom. The van der Waals surface area contributed by atoms with Gasteiger partial charge in [-0.1, -0.05) is 20.3 Å². The zero-order chi connectivity index (χ0) is 16.4. The number of methoxy groups -OCH3 is 1. The van der Waals surface area contributed by atoms with E-state index in [1.165, 1.54) is 17.8 Å². The van der Waals surface area contributed by atoms with E-state index in [4.69, 9.17) is 0 Å². The Kier molecular flexibility index (Phi) is 8.03. The van der Waals surface area contributed by atoms with Gasteiger partial charge in [0.25, 0.3) is 0 Å². The third kappa shape index (κ3) is 5.05. The number of nitrogens with zero attached hydrogens (tertiary/aromatic N) is 3. The van der Waals surface area contributed by atoms with Crippen LogP contribution in [0.25, 0.3) is 16.0 Å². The molecule has 0 spiro atoms. The average Bonchev–Trinajstić information content (AvgIpc) is 3.17. The molecule has 0 aromatic carbocycles. The molecule has 0 bridgehead atoms. The van der Waals surface area contributed by atoms with E-state index in [0.717, 1.165) is 22.2 Å². The summed E-state index contributed by atoms with van der Waals surface area (Å²) in [5.41, 5.74) is 2.01. The first kappa shape index (κ1) is 18.0. The summed E-state index contributed by atoms with van der Waals surface area (Å²) in [6, 6.07) is 5.95. The molecule has 0 aliphatic heterocycles. The summed E-state index contributed by atoms with van der Waals surface area (Å²) in [5.74, 6) is 0. The third-order valence-corrected chi connectivity index (χ3v) is 3.26. The van der Waals surface area contributed by atoms with Crippen LogP contribution in [0, 0.1) is 0 Å². The van der Waals surface area contributed by atoms with Crippen LogP contribution < -0.4 is 0 Å². The molecule has 0 aliphatic carbocycles. The maximum atomic E-state index is 10.6. The first-order valence-corrected chi connectivity index (χ1v) is 7.76. The predicted molar refractivity (Wildman–Crippen MR) is 90.6 cm³/mol. The second-order valence-electron chi connectivity index (χ2n) is 4.42. The molecule has 6 heteroatoms. The van der Waals surface area contributed by atoms with Gasteiger partial charge in [0, 0.05) is 32.2 Å². The van der Waals surface area contributed by atoms with Crippen molar-refractivity contribution in [1.29, 1.82) is 0 Å². The Balaban J connectivity index is 0.000000353. The molecule has 5 nitrogen and oxygen atoms in total. The van der Waals surface area contributed by atoms with Crippen LogP contribution in [0.3, 0.4) is 0 Å². The monoisotopic (exact) mass is 319 g/mol. The topological polar surface area (TPSA) is 56.5 Å². The fraction of sp³-hybridized carbons (Fsp3) is 0.312. The number of thiazole rings is 1. The zero-order valence-corrected chi connectivity index (χ0v) is 14.1. The van der Waals surface area contributed by atoms with E-state index in [-0.39, 0.29) is 0 Å². The average molecular weight is 319 g/mol. The Bertz CT molecular complexity index is 689. The number of fused-ring (bicyclic) bond motifs is 1. The van der Waals surface area contributed by atoms with Crippen molar-refractivity contribution >= 4 is 23.1 Å². The van der Waals surface area contributed by atoms with Crippen LogP contribution in [0.1, 0.15) is 30.1 Å². The number of aldehydes is 1. The van der Waals surface area contributed by atoms with Crippen molar-refractivity contribution < 1.29 is 9.53 Å². The lowest BCUT2D eigenvalue weighted by molar-refractivity contribution is 0.112. The molecule has 0 fully saturated rings. The molecule has 22 heavy (non-hydrogen) atoms. The van der Waals surface area contributed by atoms with Crippen molar-refractivity contribution in [3.05, 3.63) is 41.8 Å². The molecule has 0 amide bonds. The fourth-order valence-electron chi connectivity index (χ4n) is 1.54. The lowest BCUT2D eigenvalue weighted by Gasteiger charge is -1.97. The van der Waals surface area contributed by atoms with Crippen LogP contribution in [-0.4, -0.2) is 35.1 Å². The van der Waals surface area contributed by atoms with Gasteiger partial charge in [0.15, 0.2) is 11.3 Å². The highest BCUT2D eigenvalue weighted by Crippen LogP contribution is 2.25. The Labute approximate surface area is 134 Å². The smallest absolute Gasteiger partial charge is 0.178 e. The number of carbonyl (C=O) groups is 1. The van der Waals surface area contributed by atoms with E-state index in [1.807, 2.05) is 24.4 Å². The predicted octanol–water partition coefficient (Wildman–Crippen LogP) is 3.95. The standard InChI is InChI=1S/C11H7N3OS.C3H8.C2H6O/c15-7-11-12-6-10(16-11)8-4-9-2-1-3-14(9)13-5-8;2*1-3-2/h1-7H;3H2,1-2H3;1-2H3. The summed E-state index contributed by atoms with van der Waals surface area (Å²) >= 11 is 1.37. The summed E-state index contributed by atoms with van der Waals surface area (Å²) < 4.78 is 6.05. The third-order valence-electron chi connectivity index (χ3n) is 2.29. The number of rotatable bonds is 2. The zero-order valence-electron chi connectivity index (χ0n) is 13.3. The van der Waals surface area contributed by atoms with Gasteiger partial charge in [-0.15, -0.1) is 11.3 Å². The maximum Gasteiger partial charge on any atom is 0.178 e. The minimum atomic E-state index is 0.491. The SMILES string of the molecule is CCC.COC.O=Cc1ncc(-c2cnn3cccc3c2)s1. The molecule has 0 radical (unpaired) electrons. The van der Waals surface area contributed by atoms with Crippen LogP contribution in [-0.2, 0) is 4.74 Å². The number of ether oxygens (including phenoxy) is 1. The molecule has 0 aliphatic rings. The quantitative estimate of drug-likeness (QED) is 0.671. The summed E-state index contributed by atoms with van der Waals surface area (Å²) in [4.78, 5) is 15.5. The number of carbonyl (C=O) groups excluding carboxylic acids is 1. The first-order chi connectivity index (χ1) is 10.7. The second-order valence-corrected chi connectivity index (χ2v) is 5.48. The molecule has 3 rings (SSSR count). The van der Waals surface area contributed by atoms with Crippen LogP contribution in [0.4, 0.5) is 0 Å². The molecule has 0 N–H and O–H groups in total.